The van der Waals surface area contributed by atoms with Gasteiger partial charge in [0.1, 0.15) is 0 Å². The SMILES string of the molecule is COC(=O)c1cc(C2CC(F)(F)C2)c(OC)nn1. The van der Waals surface area contributed by atoms with Crippen molar-refractivity contribution in [2.24, 2.45) is 0 Å². The molecule has 2 rings (SSSR count). The van der Waals surface area contributed by atoms with Crippen LogP contribution in [0.25, 0.3) is 0 Å². The zero-order valence-electron chi connectivity index (χ0n) is 9.94. The maximum atomic E-state index is 12.9. The first-order valence-corrected chi connectivity index (χ1v) is 5.34. The van der Waals surface area contributed by atoms with Crippen LogP contribution >= 0.6 is 0 Å². The Morgan fingerprint density at radius 3 is 2.56 bits per heavy atom. The van der Waals surface area contributed by atoms with Gasteiger partial charge in [0.25, 0.3) is 0 Å². The third-order valence-corrected chi connectivity index (χ3v) is 2.91. The number of rotatable bonds is 3. The smallest absolute Gasteiger partial charge is 0.358 e. The molecule has 0 bridgehead atoms. The van der Waals surface area contributed by atoms with Crippen LogP contribution in [-0.2, 0) is 4.74 Å². The molecule has 18 heavy (non-hydrogen) atoms. The van der Waals surface area contributed by atoms with Gasteiger partial charge in [0.05, 0.1) is 14.2 Å². The van der Waals surface area contributed by atoms with Crippen molar-refractivity contribution in [2.75, 3.05) is 14.2 Å². The lowest BCUT2D eigenvalue weighted by molar-refractivity contribution is -0.0871. The summed E-state index contributed by atoms with van der Waals surface area (Å²) in [5.41, 5.74) is 0.461. The number of hydrogen-bond donors (Lipinski definition) is 0. The highest BCUT2D eigenvalue weighted by Crippen LogP contribution is 2.49. The topological polar surface area (TPSA) is 61.3 Å². The first kappa shape index (κ1) is 12.7. The van der Waals surface area contributed by atoms with E-state index < -0.39 is 11.9 Å². The van der Waals surface area contributed by atoms with Gasteiger partial charge >= 0.3 is 5.97 Å². The fourth-order valence-corrected chi connectivity index (χ4v) is 1.93. The van der Waals surface area contributed by atoms with Crippen molar-refractivity contribution in [2.45, 2.75) is 24.7 Å². The molecule has 0 unspecified atom stereocenters. The molecule has 0 radical (unpaired) electrons. The lowest BCUT2D eigenvalue weighted by Gasteiger charge is -2.35. The second-order valence-corrected chi connectivity index (χ2v) is 4.15. The highest BCUT2D eigenvalue weighted by atomic mass is 19.3. The monoisotopic (exact) mass is 258 g/mol. The highest BCUT2D eigenvalue weighted by Gasteiger charge is 2.47. The average molecular weight is 258 g/mol. The van der Waals surface area contributed by atoms with Gasteiger partial charge in [0, 0.05) is 24.3 Å². The van der Waals surface area contributed by atoms with Gasteiger partial charge in [-0.25, -0.2) is 13.6 Å². The maximum Gasteiger partial charge on any atom is 0.358 e. The second-order valence-electron chi connectivity index (χ2n) is 4.15. The van der Waals surface area contributed by atoms with E-state index in [-0.39, 0.29) is 30.3 Å². The zero-order chi connectivity index (χ0) is 13.3. The van der Waals surface area contributed by atoms with E-state index in [1.807, 2.05) is 0 Å². The van der Waals surface area contributed by atoms with Gasteiger partial charge in [-0.2, -0.15) is 0 Å². The Labute approximate surface area is 102 Å². The minimum Gasteiger partial charge on any atom is -0.480 e. The Morgan fingerprint density at radius 1 is 1.39 bits per heavy atom. The van der Waals surface area contributed by atoms with E-state index in [0.29, 0.717) is 5.56 Å². The number of carbonyl (C=O) groups excluding carboxylic acids is 1. The van der Waals surface area contributed by atoms with Crippen LogP contribution in [0.3, 0.4) is 0 Å². The molecule has 0 N–H and O–H groups in total. The molecule has 0 atom stereocenters. The molecule has 98 valence electrons. The van der Waals surface area contributed by atoms with Gasteiger partial charge < -0.3 is 9.47 Å². The van der Waals surface area contributed by atoms with Crippen molar-refractivity contribution in [3.63, 3.8) is 0 Å². The molecule has 0 aromatic carbocycles. The molecule has 0 saturated heterocycles. The summed E-state index contributed by atoms with van der Waals surface area (Å²) in [5, 5.41) is 7.32. The van der Waals surface area contributed by atoms with E-state index in [4.69, 9.17) is 4.74 Å². The van der Waals surface area contributed by atoms with E-state index in [1.54, 1.807) is 0 Å². The number of hydrogen-bond acceptors (Lipinski definition) is 5. The van der Waals surface area contributed by atoms with Crippen LogP contribution in [0.1, 0.15) is 34.8 Å². The van der Waals surface area contributed by atoms with Crippen molar-refractivity contribution in [3.8, 4) is 5.88 Å². The van der Waals surface area contributed by atoms with Gasteiger partial charge in [-0.3, -0.25) is 0 Å². The number of alkyl halides is 2. The van der Waals surface area contributed by atoms with Crippen LogP contribution in [0.15, 0.2) is 6.07 Å². The highest BCUT2D eigenvalue weighted by molar-refractivity contribution is 5.87. The van der Waals surface area contributed by atoms with E-state index in [1.165, 1.54) is 20.3 Å². The second kappa shape index (κ2) is 4.47. The standard InChI is InChI=1S/C11H12F2N2O3/c1-17-9-7(6-4-11(12,13)5-6)3-8(14-15-9)10(16)18-2/h3,6H,4-5H2,1-2H3. The molecule has 1 aliphatic rings. The summed E-state index contributed by atoms with van der Waals surface area (Å²) in [6.45, 7) is 0. The predicted molar refractivity (Wildman–Crippen MR) is 56.8 cm³/mol. The first-order chi connectivity index (χ1) is 8.46. The molecule has 1 aromatic rings. The molecule has 1 saturated carbocycles. The number of nitrogens with zero attached hydrogens (tertiary/aromatic N) is 2. The summed E-state index contributed by atoms with van der Waals surface area (Å²) in [4.78, 5) is 11.3. The first-order valence-electron chi connectivity index (χ1n) is 5.34. The molecular weight excluding hydrogens is 246 g/mol. The predicted octanol–water partition coefficient (Wildman–Crippen LogP) is 1.78. The number of methoxy groups -OCH3 is 2. The molecule has 1 aliphatic carbocycles. The van der Waals surface area contributed by atoms with E-state index in [9.17, 15) is 13.6 Å². The quantitative estimate of drug-likeness (QED) is 0.773. The van der Waals surface area contributed by atoms with Gasteiger partial charge in [-0.05, 0) is 6.07 Å². The normalized spacial score (nSPS) is 18.0. The van der Waals surface area contributed by atoms with Crippen molar-refractivity contribution >= 4 is 5.97 Å². The van der Waals surface area contributed by atoms with Crippen LogP contribution in [0.5, 0.6) is 5.88 Å². The number of ether oxygens (including phenoxy) is 2. The molecular formula is C11H12F2N2O3. The summed E-state index contributed by atoms with van der Waals surface area (Å²) in [5.74, 6) is -3.50. The largest absolute Gasteiger partial charge is 0.480 e. The fourth-order valence-electron chi connectivity index (χ4n) is 1.93. The minimum atomic E-state index is -2.65. The Bertz CT molecular complexity index is 471. The van der Waals surface area contributed by atoms with Crippen LogP contribution in [0.2, 0.25) is 0 Å². The Hall–Kier alpha value is -1.79. The zero-order valence-corrected chi connectivity index (χ0v) is 9.94. The van der Waals surface area contributed by atoms with E-state index >= 15 is 0 Å². The summed E-state index contributed by atoms with van der Waals surface area (Å²) >= 11 is 0. The molecule has 1 aromatic heterocycles. The number of esters is 1. The van der Waals surface area contributed by atoms with Crippen molar-refractivity contribution in [1.82, 2.24) is 10.2 Å². The van der Waals surface area contributed by atoms with Crippen LogP contribution in [0.4, 0.5) is 8.78 Å². The minimum absolute atomic E-state index is 0.0106. The molecule has 0 aliphatic heterocycles. The van der Waals surface area contributed by atoms with E-state index in [2.05, 4.69) is 14.9 Å². The van der Waals surface area contributed by atoms with Gasteiger partial charge in [0.15, 0.2) is 5.69 Å². The third-order valence-electron chi connectivity index (χ3n) is 2.91. The molecule has 0 spiro atoms. The number of carbonyl (C=O) groups is 1. The van der Waals surface area contributed by atoms with Crippen molar-refractivity contribution in [3.05, 3.63) is 17.3 Å². The lowest BCUT2D eigenvalue weighted by atomic mass is 9.77. The molecule has 0 amide bonds. The Kier molecular flexibility index (Phi) is 3.14. The van der Waals surface area contributed by atoms with Gasteiger partial charge in [-0.15, -0.1) is 10.2 Å². The summed E-state index contributed by atoms with van der Waals surface area (Å²) in [7, 11) is 2.59. The van der Waals surface area contributed by atoms with Crippen molar-refractivity contribution in [1.29, 1.82) is 0 Å². The molecule has 7 heteroatoms. The van der Waals surface area contributed by atoms with Gasteiger partial charge in [0.2, 0.25) is 11.8 Å². The summed E-state index contributed by atoms with van der Waals surface area (Å²) < 4.78 is 35.2. The van der Waals surface area contributed by atoms with Gasteiger partial charge in [-0.1, -0.05) is 0 Å². The maximum absolute atomic E-state index is 12.9. The van der Waals surface area contributed by atoms with Crippen molar-refractivity contribution < 1.29 is 23.0 Å². The Morgan fingerprint density at radius 2 is 2.06 bits per heavy atom. The van der Waals surface area contributed by atoms with E-state index in [0.717, 1.165) is 0 Å². The molecule has 5 nitrogen and oxygen atoms in total. The fraction of sp³-hybridized carbons (Fsp3) is 0.545. The summed E-state index contributed by atoms with van der Waals surface area (Å²) in [6, 6.07) is 1.40. The lowest BCUT2D eigenvalue weighted by Crippen LogP contribution is -2.34. The Balaban J connectivity index is 2.29. The van der Waals surface area contributed by atoms with Crippen LogP contribution in [-0.4, -0.2) is 36.3 Å². The van der Waals surface area contributed by atoms with Crippen LogP contribution in [0, 0.1) is 0 Å². The third kappa shape index (κ3) is 2.25. The number of aromatic nitrogens is 2. The molecule has 1 fully saturated rings. The molecule has 1 heterocycles. The number of halogens is 2. The summed E-state index contributed by atoms with van der Waals surface area (Å²) in [6.07, 6.45) is -0.536. The average Bonchev–Trinajstić information content (AvgIpc) is 2.34. The van der Waals surface area contributed by atoms with Crippen LogP contribution < -0.4 is 4.74 Å².